The molecule has 0 aliphatic rings. The Morgan fingerprint density at radius 1 is 1.56 bits per heavy atom. The summed E-state index contributed by atoms with van der Waals surface area (Å²) in [5.41, 5.74) is -0.0370. The van der Waals surface area contributed by atoms with Gasteiger partial charge in [-0.2, -0.15) is 0 Å². The van der Waals surface area contributed by atoms with Crippen molar-refractivity contribution in [2.75, 3.05) is 13.2 Å². The molecule has 92 valence electrons. The van der Waals surface area contributed by atoms with Gasteiger partial charge in [0.1, 0.15) is 5.01 Å². The van der Waals surface area contributed by atoms with Crippen LogP contribution in [0.15, 0.2) is 11.6 Å². The third kappa shape index (κ3) is 3.54. The Bertz CT molecular complexity index is 289. The van der Waals surface area contributed by atoms with E-state index in [9.17, 15) is 0 Å². The molecule has 0 aliphatic carbocycles. The number of nitrogens with zero attached hydrogens (tertiary/aromatic N) is 1. The molecule has 0 amide bonds. The minimum absolute atomic E-state index is 0.0370. The molecule has 0 fully saturated rings. The zero-order valence-electron chi connectivity index (χ0n) is 10.6. The summed E-state index contributed by atoms with van der Waals surface area (Å²) >= 11 is 1.71. The van der Waals surface area contributed by atoms with Gasteiger partial charge >= 0.3 is 0 Å². The first-order chi connectivity index (χ1) is 7.62. The monoisotopic (exact) mass is 242 g/mol. The lowest BCUT2D eigenvalue weighted by Gasteiger charge is -2.31. The van der Waals surface area contributed by atoms with E-state index < -0.39 is 0 Å². The van der Waals surface area contributed by atoms with Crippen molar-refractivity contribution in [2.45, 2.75) is 45.7 Å². The molecule has 0 saturated carbocycles. The van der Waals surface area contributed by atoms with Gasteiger partial charge in [0.25, 0.3) is 0 Å². The number of nitrogens with one attached hydrogen (secondary N) is 1. The Hall–Kier alpha value is -0.450. The van der Waals surface area contributed by atoms with Crippen LogP contribution < -0.4 is 5.32 Å². The largest absolute Gasteiger partial charge is 0.380 e. The van der Waals surface area contributed by atoms with Crippen LogP contribution in [0.1, 0.15) is 39.1 Å². The van der Waals surface area contributed by atoms with Gasteiger partial charge in [0.2, 0.25) is 0 Å². The van der Waals surface area contributed by atoms with Crippen molar-refractivity contribution in [3.8, 4) is 0 Å². The molecule has 1 aromatic rings. The summed E-state index contributed by atoms with van der Waals surface area (Å²) in [5, 5.41) is 6.78. The summed E-state index contributed by atoms with van der Waals surface area (Å²) in [4.78, 5) is 4.41. The lowest BCUT2D eigenvalue weighted by molar-refractivity contribution is 0.114. The van der Waals surface area contributed by atoms with E-state index in [1.807, 2.05) is 18.5 Å². The molecule has 1 N–H and O–H groups in total. The fourth-order valence-electron chi connectivity index (χ4n) is 1.69. The van der Waals surface area contributed by atoms with Crippen LogP contribution in [0.2, 0.25) is 0 Å². The van der Waals surface area contributed by atoms with Crippen LogP contribution in [-0.2, 0) is 10.3 Å². The average Bonchev–Trinajstić information content (AvgIpc) is 2.80. The van der Waals surface area contributed by atoms with Crippen molar-refractivity contribution >= 4 is 11.3 Å². The lowest BCUT2D eigenvalue weighted by Crippen LogP contribution is -2.46. The maximum atomic E-state index is 5.42. The van der Waals surface area contributed by atoms with Crippen LogP contribution in [0.25, 0.3) is 0 Å². The number of aromatic nitrogens is 1. The van der Waals surface area contributed by atoms with Gasteiger partial charge in [-0.25, -0.2) is 4.98 Å². The standard InChI is InChI=1S/C12H22N2OS/c1-5-12(4,11-13-7-8-16-11)14-10(3)9-15-6-2/h7-8,10,14H,5-6,9H2,1-4H3. The Balaban J connectivity index is 2.60. The van der Waals surface area contributed by atoms with Gasteiger partial charge in [0.15, 0.2) is 0 Å². The highest BCUT2D eigenvalue weighted by atomic mass is 32.1. The number of ether oxygens (including phenoxy) is 1. The van der Waals surface area contributed by atoms with Crippen molar-refractivity contribution < 1.29 is 4.74 Å². The molecule has 0 radical (unpaired) electrons. The third-order valence-corrected chi connectivity index (χ3v) is 3.79. The van der Waals surface area contributed by atoms with Crippen LogP contribution >= 0.6 is 11.3 Å². The topological polar surface area (TPSA) is 34.1 Å². The lowest BCUT2D eigenvalue weighted by atomic mass is 9.98. The van der Waals surface area contributed by atoms with Crippen molar-refractivity contribution in [1.29, 1.82) is 0 Å². The zero-order valence-corrected chi connectivity index (χ0v) is 11.4. The van der Waals surface area contributed by atoms with E-state index in [-0.39, 0.29) is 5.54 Å². The molecule has 0 aromatic carbocycles. The molecule has 4 heteroatoms. The minimum atomic E-state index is -0.0370. The first-order valence-electron chi connectivity index (χ1n) is 5.87. The normalized spacial score (nSPS) is 17.0. The predicted molar refractivity (Wildman–Crippen MR) is 68.8 cm³/mol. The Morgan fingerprint density at radius 3 is 2.81 bits per heavy atom. The number of hydrogen-bond acceptors (Lipinski definition) is 4. The fraction of sp³-hybridized carbons (Fsp3) is 0.750. The quantitative estimate of drug-likeness (QED) is 0.798. The Labute approximate surface area is 102 Å². The van der Waals surface area contributed by atoms with E-state index in [4.69, 9.17) is 4.74 Å². The third-order valence-electron chi connectivity index (χ3n) is 2.75. The summed E-state index contributed by atoms with van der Waals surface area (Å²) in [7, 11) is 0. The zero-order chi connectivity index (χ0) is 12.0. The second-order valence-electron chi connectivity index (χ2n) is 4.23. The van der Waals surface area contributed by atoms with Crippen LogP contribution in [0.3, 0.4) is 0 Å². The SMILES string of the molecule is CCOCC(C)NC(C)(CC)c1nccs1. The Morgan fingerprint density at radius 2 is 2.31 bits per heavy atom. The van der Waals surface area contributed by atoms with E-state index in [0.717, 1.165) is 24.6 Å². The van der Waals surface area contributed by atoms with Gasteiger partial charge in [-0.3, -0.25) is 0 Å². The van der Waals surface area contributed by atoms with E-state index in [1.165, 1.54) is 0 Å². The van der Waals surface area contributed by atoms with E-state index >= 15 is 0 Å². The molecule has 2 atom stereocenters. The molecule has 1 aromatic heterocycles. The molecule has 0 spiro atoms. The molecule has 2 unspecified atom stereocenters. The van der Waals surface area contributed by atoms with Crippen molar-refractivity contribution in [3.63, 3.8) is 0 Å². The maximum absolute atomic E-state index is 5.42. The second-order valence-corrected chi connectivity index (χ2v) is 5.12. The number of hydrogen-bond donors (Lipinski definition) is 1. The molecular formula is C12H22N2OS. The van der Waals surface area contributed by atoms with Gasteiger partial charge in [-0.15, -0.1) is 11.3 Å². The highest BCUT2D eigenvalue weighted by Crippen LogP contribution is 2.26. The summed E-state index contributed by atoms with van der Waals surface area (Å²) in [6, 6.07) is 0.341. The molecule has 3 nitrogen and oxygen atoms in total. The Kier molecular flexibility index (Phi) is 5.38. The highest BCUT2D eigenvalue weighted by Gasteiger charge is 2.28. The van der Waals surface area contributed by atoms with Gasteiger partial charge in [0.05, 0.1) is 12.1 Å². The maximum Gasteiger partial charge on any atom is 0.112 e. The van der Waals surface area contributed by atoms with Crippen LogP contribution in [-0.4, -0.2) is 24.2 Å². The van der Waals surface area contributed by atoms with E-state index in [1.54, 1.807) is 11.3 Å². The molecule has 0 saturated heterocycles. The summed E-state index contributed by atoms with van der Waals surface area (Å²) in [5.74, 6) is 0. The molecule has 0 aliphatic heterocycles. The molecule has 0 bridgehead atoms. The smallest absolute Gasteiger partial charge is 0.112 e. The van der Waals surface area contributed by atoms with Gasteiger partial charge in [0, 0.05) is 24.2 Å². The molecule has 1 rings (SSSR count). The summed E-state index contributed by atoms with van der Waals surface area (Å²) in [6.45, 7) is 10.1. The fourth-order valence-corrected chi connectivity index (χ4v) is 2.53. The summed E-state index contributed by atoms with van der Waals surface area (Å²) < 4.78 is 5.42. The number of rotatable bonds is 7. The molecule has 16 heavy (non-hydrogen) atoms. The van der Waals surface area contributed by atoms with E-state index in [0.29, 0.717) is 6.04 Å². The predicted octanol–water partition coefficient (Wildman–Crippen LogP) is 2.78. The van der Waals surface area contributed by atoms with Gasteiger partial charge in [-0.1, -0.05) is 6.92 Å². The van der Waals surface area contributed by atoms with Crippen LogP contribution in [0.4, 0.5) is 0 Å². The van der Waals surface area contributed by atoms with Crippen molar-refractivity contribution in [1.82, 2.24) is 10.3 Å². The van der Waals surface area contributed by atoms with Gasteiger partial charge < -0.3 is 10.1 Å². The first-order valence-corrected chi connectivity index (χ1v) is 6.75. The minimum Gasteiger partial charge on any atom is -0.380 e. The van der Waals surface area contributed by atoms with Crippen molar-refractivity contribution in [2.24, 2.45) is 0 Å². The first kappa shape index (κ1) is 13.6. The molecule has 1 heterocycles. The van der Waals surface area contributed by atoms with Crippen LogP contribution in [0.5, 0.6) is 0 Å². The van der Waals surface area contributed by atoms with Crippen molar-refractivity contribution in [3.05, 3.63) is 16.6 Å². The summed E-state index contributed by atoms with van der Waals surface area (Å²) in [6.07, 6.45) is 2.89. The molecular weight excluding hydrogens is 220 g/mol. The second kappa shape index (κ2) is 6.33. The van der Waals surface area contributed by atoms with Gasteiger partial charge in [-0.05, 0) is 27.2 Å². The van der Waals surface area contributed by atoms with Crippen LogP contribution in [0, 0.1) is 0 Å². The average molecular weight is 242 g/mol. The number of thiazole rings is 1. The highest BCUT2D eigenvalue weighted by molar-refractivity contribution is 7.09. The van der Waals surface area contributed by atoms with E-state index in [2.05, 4.69) is 31.1 Å².